The summed E-state index contributed by atoms with van der Waals surface area (Å²) in [6.45, 7) is 4.30. The van der Waals surface area contributed by atoms with Gasteiger partial charge in [-0.3, -0.25) is 0 Å². The molecule has 0 spiro atoms. The van der Waals surface area contributed by atoms with Crippen LogP contribution < -0.4 is 0 Å². The molecular weight excluding hydrogens is 266 g/mol. The van der Waals surface area contributed by atoms with Gasteiger partial charge in [-0.1, -0.05) is 44.2 Å². The van der Waals surface area contributed by atoms with Crippen molar-refractivity contribution < 1.29 is 13.0 Å². The van der Waals surface area contributed by atoms with Crippen molar-refractivity contribution in [2.45, 2.75) is 18.9 Å². The second-order valence-electron chi connectivity index (χ2n) is 3.87. The molecule has 1 aromatic heterocycles. The first kappa shape index (κ1) is 13.7. The van der Waals surface area contributed by atoms with Crippen molar-refractivity contribution in [2.75, 3.05) is 13.1 Å². The van der Waals surface area contributed by atoms with Crippen molar-refractivity contribution in [3.05, 3.63) is 30.3 Å². The summed E-state index contributed by atoms with van der Waals surface area (Å²) < 4.78 is 30.8. The van der Waals surface area contributed by atoms with E-state index in [1.807, 2.05) is 6.07 Å². The number of aromatic nitrogens is 2. The largest absolute Gasteiger partial charge is 0.266 e. The van der Waals surface area contributed by atoms with Crippen LogP contribution in [0.25, 0.3) is 11.3 Å². The Morgan fingerprint density at radius 2 is 1.74 bits per heavy atom. The molecule has 102 valence electrons. The van der Waals surface area contributed by atoms with Gasteiger partial charge < -0.3 is 0 Å². The predicted octanol–water partition coefficient (Wildman–Crippen LogP) is 1.77. The van der Waals surface area contributed by atoms with Gasteiger partial charge in [-0.25, -0.2) is 13.0 Å². The van der Waals surface area contributed by atoms with Crippen molar-refractivity contribution in [3.8, 4) is 11.3 Å². The monoisotopic (exact) mass is 281 g/mol. The Labute approximate surface area is 112 Å². The second kappa shape index (κ2) is 5.50. The summed E-state index contributed by atoms with van der Waals surface area (Å²) in [4.78, 5) is 0. The summed E-state index contributed by atoms with van der Waals surface area (Å²) in [6, 6.07) is 8.98. The Morgan fingerprint density at radius 1 is 1.11 bits per heavy atom. The first-order valence-corrected chi connectivity index (χ1v) is 7.43. The topological polar surface area (TPSA) is 76.3 Å². The number of hydrogen-bond donors (Lipinski definition) is 0. The van der Waals surface area contributed by atoms with Gasteiger partial charge in [0, 0.05) is 18.7 Å². The van der Waals surface area contributed by atoms with Crippen molar-refractivity contribution >= 4 is 10.0 Å². The molecule has 0 aliphatic carbocycles. The second-order valence-corrected chi connectivity index (χ2v) is 5.73. The van der Waals surface area contributed by atoms with Crippen LogP contribution in [-0.2, 0) is 10.0 Å². The summed E-state index contributed by atoms with van der Waals surface area (Å²) in [5, 5.41) is 7.14. The molecule has 0 saturated heterocycles. The van der Waals surface area contributed by atoms with Gasteiger partial charge in [0.25, 0.3) is 10.0 Å². The van der Waals surface area contributed by atoms with E-state index in [-0.39, 0.29) is 10.7 Å². The van der Waals surface area contributed by atoms with Crippen LogP contribution in [-0.4, -0.2) is 36.1 Å². The number of rotatable bonds is 5. The Kier molecular flexibility index (Phi) is 3.96. The molecule has 19 heavy (non-hydrogen) atoms. The molecule has 0 aliphatic rings. The lowest BCUT2D eigenvalue weighted by Crippen LogP contribution is -2.31. The molecule has 0 saturated carbocycles. The normalized spacial score (nSPS) is 11.9. The van der Waals surface area contributed by atoms with E-state index >= 15 is 0 Å². The Bertz CT molecular complexity index is 633. The average Bonchev–Trinajstić information content (AvgIpc) is 2.91. The zero-order chi connectivity index (χ0) is 13.9. The van der Waals surface area contributed by atoms with E-state index in [0.717, 1.165) is 0 Å². The highest BCUT2D eigenvalue weighted by Crippen LogP contribution is 2.25. The third-order valence-electron chi connectivity index (χ3n) is 2.80. The van der Waals surface area contributed by atoms with Gasteiger partial charge in [0.15, 0.2) is 5.69 Å². The minimum absolute atomic E-state index is 0.137. The summed E-state index contributed by atoms with van der Waals surface area (Å²) in [5.74, 6) is 0. The predicted molar refractivity (Wildman–Crippen MR) is 69.8 cm³/mol. The van der Waals surface area contributed by atoms with Gasteiger partial charge in [0.05, 0.1) is 0 Å². The van der Waals surface area contributed by atoms with Crippen molar-refractivity contribution in [2.24, 2.45) is 0 Å². The maximum Gasteiger partial charge on any atom is 0.266 e. The van der Waals surface area contributed by atoms with E-state index < -0.39 is 10.0 Å². The maximum atomic E-state index is 12.4. The molecule has 0 radical (unpaired) electrons. The molecule has 0 unspecified atom stereocenters. The third kappa shape index (κ3) is 2.52. The van der Waals surface area contributed by atoms with Crippen molar-refractivity contribution in [1.82, 2.24) is 14.6 Å². The van der Waals surface area contributed by atoms with Crippen LogP contribution in [0.2, 0.25) is 0 Å². The molecular formula is C12H15N3O3S. The first-order valence-electron chi connectivity index (χ1n) is 5.99. The highest BCUT2D eigenvalue weighted by atomic mass is 32.2. The number of sulfonamides is 1. The fourth-order valence-corrected chi connectivity index (χ4v) is 3.26. The van der Waals surface area contributed by atoms with Gasteiger partial charge in [-0.2, -0.15) is 4.31 Å². The lowest BCUT2D eigenvalue weighted by atomic mass is 10.2. The summed E-state index contributed by atoms with van der Waals surface area (Å²) >= 11 is 0. The Hall–Kier alpha value is -1.73. The van der Waals surface area contributed by atoms with E-state index in [1.54, 1.807) is 38.1 Å². The number of hydrogen-bond acceptors (Lipinski definition) is 5. The number of nitrogens with zero attached hydrogens (tertiary/aromatic N) is 3. The van der Waals surface area contributed by atoms with Crippen LogP contribution in [0.15, 0.2) is 40.0 Å². The average molecular weight is 281 g/mol. The van der Waals surface area contributed by atoms with Crippen LogP contribution in [0, 0.1) is 0 Å². The fraction of sp³-hybridized carbons (Fsp3) is 0.333. The minimum atomic E-state index is -3.67. The Balaban J connectivity index is 2.52. The molecule has 0 aliphatic heterocycles. The van der Waals surface area contributed by atoms with Gasteiger partial charge >= 0.3 is 0 Å². The molecule has 1 aromatic carbocycles. The van der Waals surface area contributed by atoms with Gasteiger partial charge in [0.2, 0.25) is 5.03 Å². The van der Waals surface area contributed by atoms with E-state index in [9.17, 15) is 8.42 Å². The quantitative estimate of drug-likeness (QED) is 0.834. The fourth-order valence-electron chi connectivity index (χ4n) is 1.81. The van der Waals surface area contributed by atoms with E-state index in [0.29, 0.717) is 18.7 Å². The first-order chi connectivity index (χ1) is 9.11. The standard InChI is InChI=1S/C12H15N3O3S/c1-3-15(4-2)19(16,17)12-11(13-18-14-12)10-8-6-5-7-9-10/h5-9H,3-4H2,1-2H3. The summed E-state index contributed by atoms with van der Waals surface area (Å²) in [7, 11) is -3.67. The highest BCUT2D eigenvalue weighted by molar-refractivity contribution is 7.89. The van der Waals surface area contributed by atoms with E-state index in [1.165, 1.54) is 4.31 Å². The molecule has 0 bridgehead atoms. The van der Waals surface area contributed by atoms with Crippen molar-refractivity contribution in [1.29, 1.82) is 0 Å². The summed E-state index contributed by atoms with van der Waals surface area (Å²) in [6.07, 6.45) is 0. The Morgan fingerprint density at radius 3 is 2.32 bits per heavy atom. The number of benzene rings is 1. The van der Waals surface area contributed by atoms with Gasteiger partial charge in [-0.15, -0.1) is 0 Å². The van der Waals surface area contributed by atoms with Crippen LogP contribution in [0.4, 0.5) is 0 Å². The lowest BCUT2D eigenvalue weighted by molar-refractivity contribution is 0.296. The zero-order valence-corrected chi connectivity index (χ0v) is 11.6. The molecule has 2 rings (SSSR count). The molecule has 0 fully saturated rings. The van der Waals surface area contributed by atoms with Crippen LogP contribution in [0.1, 0.15) is 13.8 Å². The van der Waals surface area contributed by atoms with E-state index in [2.05, 4.69) is 14.9 Å². The van der Waals surface area contributed by atoms with Gasteiger partial charge in [0.1, 0.15) is 0 Å². The molecule has 1 heterocycles. The van der Waals surface area contributed by atoms with Crippen LogP contribution >= 0.6 is 0 Å². The molecule has 0 amide bonds. The van der Waals surface area contributed by atoms with Crippen LogP contribution in [0.3, 0.4) is 0 Å². The summed E-state index contributed by atoms with van der Waals surface area (Å²) in [5.41, 5.74) is 0.905. The molecule has 7 heteroatoms. The smallest absolute Gasteiger partial charge is 0.243 e. The zero-order valence-electron chi connectivity index (χ0n) is 10.8. The molecule has 0 N–H and O–H groups in total. The highest BCUT2D eigenvalue weighted by Gasteiger charge is 2.30. The molecule has 2 aromatic rings. The molecule has 6 nitrogen and oxygen atoms in total. The maximum absolute atomic E-state index is 12.4. The van der Waals surface area contributed by atoms with Crippen LogP contribution in [0.5, 0.6) is 0 Å². The SMILES string of the molecule is CCN(CC)S(=O)(=O)c1nonc1-c1ccccc1. The van der Waals surface area contributed by atoms with Crippen molar-refractivity contribution in [3.63, 3.8) is 0 Å². The molecule has 0 atom stereocenters. The lowest BCUT2D eigenvalue weighted by Gasteiger charge is -2.16. The third-order valence-corrected chi connectivity index (χ3v) is 4.75. The van der Waals surface area contributed by atoms with E-state index in [4.69, 9.17) is 0 Å². The minimum Gasteiger partial charge on any atom is -0.243 e. The van der Waals surface area contributed by atoms with Gasteiger partial charge in [-0.05, 0) is 10.3 Å².